The van der Waals surface area contributed by atoms with Gasteiger partial charge in [-0.05, 0) is 41.5 Å². The minimum absolute atomic E-state index is 0.256. The molecule has 6 rings (SSSR count). The summed E-state index contributed by atoms with van der Waals surface area (Å²) in [7, 11) is 0. The molecule has 0 radical (unpaired) electrons. The molecule has 0 unspecified atom stereocenters. The lowest BCUT2D eigenvalue weighted by atomic mass is 9.92. The Morgan fingerprint density at radius 2 is 1.34 bits per heavy atom. The highest BCUT2D eigenvalue weighted by molar-refractivity contribution is 7.99. The number of hydrogen-bond donors (Lipinski definition) is 0. The second kappa shape index (κ2) is 8.06. The summed E-state index contributed by atoms with van der Waals surface area (Å²) in [4.78, 5) is 6.27. The first-order chi connectivity index (χ1) is 15.9. The van der Waals surface area contributed by atoms with Gasteiger partial charge in [0.1, 0.15) is 5.03 Å². The second-order valence-electron chi connectivity index (χ2n) is 7.53. The van der Waals surface area contributed by atoms with Gasteiger partial charge < -0.3 is 9.47 Å². The minimum Gasteiger partial charge on any atom is -0.454 e. The molecule has 0 saturated carbocycles. The lowest BCUT2D eigenvalue weighted by Crippen LogP contribution is -1.95. The molecular formula is C28H19NO2S. The molecular weight excluding hydrogens is 414 g/mol. The maximum atomic E-state index is 5.70. The number of fused-ring (bicyclic) bond motifs is 2. The topological polar surface area (TPSA) is 31.4 Å². The van der Waals surface area contributed by atoms with E-state index in [2.05, 4.69) is 78.9 Å². The fourth-order valence-electron chi connectivity index (χ4n) is 4.09. The Kier molecular flexibility index (Phi) is 4.78. The molecule has 0 fully saturated rings. The average molecular weight is 434 g/mol. The summed E-state index contributed by atoms with van der Waals surface area (Å²) in [6, 6.07) is 35.4. The largest absolute Gasteiger partial charge is 0.454 e. The van der Waals surface area contributed by atoms with Crippen LogP contribution < -0.4 is 9.47 Å². The molecule has 32 heavy (non-hydrogen) atoms. The van der Waals surface area contributed by atoms with Crippen molar-refractivity contribution in [3.05, 3.63) is 103 Å². The third kappa shape index (κ3) is 3.39. The molecule has 5 aromatic rings. The van der Waals surface area contributed by atoms with Crippen LogP contribution >= 0.6 is 11.8 Å². The summed E-state index contributed by atoms with van der Waals surface area (Å²) in [6.07, 6.45) is 0. The average Bonchev–Trinajstić information content (AvgIpc) is 3.32. The number of aromatic nitrogens is 1. The second-order valence-corrected chi connectivity index (χ2v) is 8.60. The van der Waals surface area contributed by atoms with Gasteiger partial charge in [0, 0.05) is 21.4 Å². The molecule has 1 aliphatic heterocycles. The zero-order valence-corrected chi connectivity index (χ0v) is 18.0. The predicted molar refractivity (Wildman–Crippen MR) is 129 cm³/mol. The molecule has 1 aromatic heterocycles. The molecule has 0 aliphatic carbocycles. The van der Waals surface area contributed by atoms with Gasteiger partial charge in [-0.25, -0.2) is 4.98 Å². The molecule has 3 nitrogen and oxygen atoms in total. The minimum atomic E-state index is 0.256. The van der Waals surface area contributed by atoms with Crippen molar-refractivity contribution in [3.63, 3.8) is 0 Å². The fraction of sp³-hybridized carbons (Fsp3) is 0.0357. The highest BCUT2D eigenvalue weighted by Gasteiger charge is 2.22. The highest BCUT2D eigenvalue weighted by atomic mass is 32.2. The Balaban J connectivity index is 1.68. The molecule has 0 atom stereocenters. The Labute approximate surface area is 190 Å². The summed E-state index contributed by atoms with van der Waals surface area (Å²) in [5.74, 6) is 1.55. The number of nitrogens with zero attached hydrogens (tertiary/aromatic N) is 1. The van der Waals surface area contributed by atoms with Crippen molar-refractivity contribution in [2.75, 3.05) is 6.79 Å². The first kappa shape index (κ1) is 19.0. The van der Waals surface area contributed by atoms with Crippen LogP contribution in [0.1, 0.15) is 0 Å². The van der Waals surface area contributed by atoms with Crippen molar-refractivity contribution in [2.45, 2.75) is 9.92 Å². The number of ether oxygens (including phenoxy) is 2. The van der Waals surface area contributed by atoms with E-state index in [0.717, 1.165) is 49.0 Å². The van der Waals surface area contributed by atoms with Gasteiger partial charge in [-0.15, -0.1) is 0 Å². The van der Waals surface area contributed by atoms with Gasteiger partial charge in [0.25, 0.3) is 0 Å². The maximum Gasteiger partial charge on any atom is 0.231 e. The number of pyridine rings is 1. The van der Waals surface area contributed by atoms with Gasteiger partial charge in [-0.3, -0.25) is 0 Å². The summed E-state index contributed by atoms with van der Waals surface area (Å²) >= 11 is 1.68. The van der Waals surface area contributed by atoms with Crippen molar-refractivity contribution in [1.82, 2.24) is 4.98 Å². The summed E-state index contributed by atoms with van der Waals surface area (Å²) < 4.78 is 11.3. The quantitative estimate of drug-likeness (QED) is 0.295. The SMILES string of the molecule is c1ccc(Sc2nc3ccccc3c(-c3ccccc3)c2-c2ccc3c(c2)OCO3)cc1. The predicted octanol–water partition coefficient (Wildman–Crippen LogP) is 7.45. The van der Waals surface area contributed by atoms with E-state index in [9.17, 15) is 0 Å². The molecule has 0 saturated heterocycles. The number of benzene rings is 4. The number of hydrogen-bond acceptors (Lipinski definition) is 4. The molecule has 0 spiro atoms. The van der Waals surface area contributed by atoms with Gasteiger partial charge in [-0.1, -0.05) is 84.6 Å². The van der Waals surface area contributed by atoms with Crippen LogP contribution in [0.25, 0.3) is 33.2 Å². The maximum absolute atomic E-state index is 5.70. The first-order valence-electron chi connectivity index (χ1n) is 10.5. The smallest absolute Gasteiger partial charge is 0.231 e. The monoisotopic (exact) mass is 433 g/mol. The number of rotatable bonds is 4. The van der Waals surface area contributed by atoms with Gasteiger partial charge in [0.2, 0.25) is 6.79 Å². The van der Waals surface area contributed by atoms with Crippen molar-refractivity contribution in [2.24, 2.45) is 0 Å². The Morgan fingerprint density at radius 1 is 0.625 bits per heavy atom. The Bertz CT molecular complexity index is 1420. The Morgan fingerprint density at radius 3 is 2.19 bits per heavy atom. The molecule has 1 aliphatic rings. The van der Waals surface area contributed by atoms with E-state index in [1.54, 1.807) is 11.8 Å². The van der Waals surface area contributed by atoms with E-state index in [-0.39, 0.29) is 6.79 Å². The van der Waals surface area contributed by atoms with E-state index in [4.69, 9.17) is 14.5 Å². The van der Waals surface area contributed by atoms with Crippen LogP contribution in [-0.4, -0.2) is 11.8 Å². The van der Waals surface area contributed by atoms with Crippen LogP contribution in [0.5, 0.6) is 11.5 Å². The van der Waals surface area contributed by atoms with Crippen LogP contribution in [-0.2, 0) is 0 Å². The van der Waals surface area contributed by atoms with E-state index in [1.807, 2.05) is 24.3 Å². The summed E-state index contributed by atoms with van der Waals surface area (Å²) in [6.45, 7) is 0.256. The van der Waals surface area contributed by atoms with Crippen LogP contribution in [0.4, 0.5) is 0 Å². The standard InChI is InChI=1S/C28H19NO2S/c1-3-9-19(10-4-1)26-22-13-7-8-14-23(22)29-28(32-21-11-5-2-6-12-21)27(26)20-15-16-24-25(17-20)31-18-30-24/h1-17H,18H2. The van der Waals surface area contributed by atoms with E-state index < -0.39 is 0 Å². The lowest BCUT2D eigenvalue weighted by molar-refractivity contribution is 0.174. The third-order valence-corrected chi connectivity index (χ3v) is 6.54. The van der Waals surface area contributed by atoms with Crippen molar-refractivity contribution in [3.8, 4) is 33.8 Å². The van der Waals surface area contributed by atoms with Crippen molar-refractivity contribution < 1.29 is 9.47 Å². The molecule has 4 heteroatoms. The molecule has 0 N–H and O–H groups in total. The molecule has 154 valence electrons. The van der Waals surface area contributed by atoms with Gasteiger partial charge in [0.15, 0.2) is 11.5 Å². The molecule has 0 amide bonds. The van der Waals surface area contributed by atoms with E-state index >= 15 is 0 Å². The van der Waals surface area contributed by atoms with Gasteiger partial charge in [-0.2, -0.15) is 0 Å². The first-order valence-corrected chi connectivity index (χ1v) is 11.3. The summed E-state index contributed by atoms with van der Waals surface area (Å²) in [5, 5.41) is 2.09. The van der Waals surface area contributed by atoms with Crippen molar-refractivity contribution >= 4 is 22.7 Å². The zero-order chi connectivity index (χ0) is 21.3. The van der Waals surface area contributed by atoms with Crippen LogP contribution in [0.2, 0.25) is 0 Å². The Hall–Kier alpha value is -3.76. The van der Waals surface area contributed by atoms with E-state index in [0.29, 0.717) is 0 Å². The van der Waals surface area contributed by atoms with Gasteiger partial charge in [0.05, 0.1) is 5.52 Å². The molecule has 4 aromatic carbocycles. The fourth-order valence-corrected chi connectivity index (χ4v) is 5.07. The molecule has 2 heterocycles. The number of para-hydroxylation sites is 1. The van der Waals surface area contributed by atoms with Crippen molar-refractivity contribution in [1.29, 1.82) is 0 Å². The highest BCUT2D eigenvalue weighted by Crippen LogP contribution is 2.46. The van der Waals surface area contributed by atoms with Crippen LogP contribution in [0, 0.1) is 0 Å². The zero-order valence-electron chi connectivity index (χ0n) is 17.2. The molecule has 0 bridgehead atoms. The van der Waals surface area contributed by atoms with Gasteiger partial charge >= 0.3 is 0 Å². The lowest BCUT2D eigenvalue weighted by Gasteiger charge is -2.18. The third-order valence-electron chi connectivity index (χ3n) is 5.54. The normalized spacial score (nSPS) is 12.2. The summed E-state index contributed by atoms with van der Waals surface area (Å²) in [5.41, 5.74) is 5.48. The van der Waals surface area contributed by atoms with Crippen LogP contribution in [0.3, 0.4) is 0 Å². The van der Waals surface area contributed by atoms with Crippen LogP contribution in [0.15, 0.2) is 113 Å². The van der Waals surface area contributed by atoms with E-state index in [1.165, 1.54) is 5.56 Å².